The van der Waals surface area contributed by atoms with Gasteiger partial charge in [-0.05, 0) is 24.6 Å². The van der Waals surface area contributed by atoms with Gasteiger partial charge < -0.3 is 4.57 Å². The van der Waals surface area contributed by atoms with Crippen LogP contribution >= 0.6 is 0 Å². The molecule has 0 radical (unpaired) electrons. The second kappa shape index (κ2) is 5.27. The molecular weight excluding hydrogens is 228 g/mol. The lowest BCUT2D eigenvalue weighted by atomic mass is 10.1. The molecule has 5 heteroatoms. The molecule has 0 bridgehead atoms. The Hall–Kier alpha value is -2.43. The van der Waals surface area contributed by atoms with Gasteiger partial charge in [0.15, 0.2) is 0 Å². The lowest BCUT2D eigenvalue weighted by molar-refractivity contribution is -0.118. The van der Waals surface area contributed by atoms with Crippen LogP contribution in [0.3, 0.4) is 0 Å². The summed E-state index contributed by atoms with van der Waals surface area (Å²) in [6.45, 7) is 3.28. The van der Waals surface area contributed by atoms with Crippen molar-refractivity contribution in [2.45, 2.75) is 13.8 Å². The number of hydrogen-bond acceptors (Lipinski definition) is 3. The Bertz CT molecular complexity index is 555. The van der Waals surface area contributed by atoms with Crippen molar-refractivity contribution in [2.75, 3.05) is 0 Å². The molecule has 1 aromatic carbocycles. The van der Waals surface area contributed by atoms with Gasteiger partial charge in [-0.2, -0.15) is 5.10 Å². The first kappa shape index (κ1) is 12.0. The maximum Gasteiger partial charge on any atom is 0.236 e. The first-order chi connectivity index (χ1) is 8.66. The van der Waals surface area contributed by atoms with Gasteiger partial charge in [0.05, 0.1) is 12.0 Å². The molecule has 0 fully saturated rings. The number of imidazole rings is 1. The van der Waals surface area contributed by atoms with Gasteiger partial charge in [0, 0.05) is 25.0 Å². The van der Waals surface area contributed by atoms with Gasteiger partial charge in [-0.1, -0.05) is 12.1 Å². The monoisotopic (exact) mass is 242 g/mol. The largest absolute Gasteiger partial charge is 0.306 e. The van der Waals surface area contributed by atoms with Crippen molar-refractivity contribution in [1.82, 2.24) is 15.0 Å². The van der Waals surface area contributed by atoms with Crippen molar-refractivity contribution in [1.29, 1.82) is 0 Å². The lowest BCUT2D eigenvalue weighted by Crippen LogP contribution is -2.15. The summed E-state index contributed by atoms with van der Waals surface area (Å²) in [5, 5.41) is 3.98. The minimum absolute atomic E-state index is 0.176. The number of aromatic nitrogens is 2. The molecule has 1 N–H and O–H groups in total. The average Bonchev–Trinajstić information content (AvgIpc) is 2.90. The van der Waals surface area contributed by atoms with Crippen molar-refractivity contribution in [3.8, 4) is 5.69 Å². The highest BCUT2D eigenvalue weighted by atomic mass is 16.2. The molecule has 2 rings (SSSR count). The zero-order valence-corrected chi connectivity index (χ0v) is 10.3. The van der Waals surface area contributed by atoms with Crippen LogP contribution in [0, 0.1) is 0 Å². The second-order valence-corrected chi connectivity index (χ2v) is 3.88. The van der Waals surface area contributed by atoms with Gasteiger partial charge >= 0.3 is 0 Å². The highest BCUT2D eigenvalue weighted by Gasteiger charge is 1.99. The molecule has 92 valence electrons. The highest BCUT2D eigenvalue weighted by Crippen LogP contribution is 2.09. The fourth-order valence-electron chi connectivity index (χ4n) is 1.51. The molecule has 0 spiro atoms. The number of amides is 1. The molecule has 2 aromatic rings. The van der Waals surface area contributed by atoms with E-state index in [0.29, 0.717) is 0 Å². The Morgan fingerprint density at radius 1 is 1.28 bits per heavy atom. The summed E-state index contributed by atoms with van der Waals surface area (Å²) >= 11 is 0. The summed E-state index contributed by atoms with van der Waals surface area (Å²) in [4.78, 5) is 14.8. The smallest absolute Gasteiger partial charge is 0.236 e. The maximum absolute atomic E-state index is 10.8. The van der Waals surface area contributed by atoms with Crippen LogP contribution in [0.15, 0.2) is 48.1 Å². The van der Waals surface area contributed by atoms with E-state index in [1.54, 1.807) is 12.5 Å². The third kappa shape index (κ3) is 2.82. The van der Waals surface area contributed by atoms with Crippen LogP contribution in [0.2, 0.25) is 0 Å². The lowest BCUT2D eigenvalue weighted by Gasteiger charge is -2.04. The predicted molar refractivity (Wildman–Crippen MR) is 69.6 cm³/mol. The van der Waals surface area contributed by atoms with E-state index in [1.165, 1.54) is 6.92 Å². The molecule has 0 aliphatic carbocycles. The van der Waals surface area contributed by atoms with E-state index in [2.05, 4.69) is 15.5 Å². The number of carbonyl (C=O) groups is 1. The normalized spacial score (nSPS) is 11.3. The SMILES string of the molecule is CC(=O)N/N=C(\C)c1ccc(-n2ccnc2)cc1. The van der Waals surface area contributed by atoms with E-state index in [1.807, 2.05) is 42.0 Å². The van der Waals surface area contributed by atoms with Crippen LogP contribution in [0.25, 0.3) is 5.69 Å². The van der Waals surface area contributed by atoms with Crippen LogP contribution in [-0.2, 0) is 4.79 Å². The summed E-state index contributed by atoms with van der Waals surface area (Å²) in [5.74, 6) is -0.176. The fourth-order valence-corrected chi connectivity index (χ4v) is 1.51. The number of nitrogens with one attached hydrogen (secondary N) is 1. The molecule has 1 aromatic heterocycles. The summed E-state index contributed by atoms with van der Waals surface area (Å²) in [5.41, 5.74) is 5.18. The number of hydrazone groups is 1. The molecular formula is C13H14N4O. The summed E-state index contributed by atoms with van der Waals surface area (Å²) in [6, 6.07) is 7.86. The quantitative estimate of drug-likeness (QED) is 0.658. The van der Waals surface area contributed by atoms with Crippen molar-refractivity contribution in [3.63, 3.8) is 0 Å². The Morgan fingerprint density at radius 2 is 2.00 bits per heavy atom. The Morgan fingerprint density at radius 3 is 2.56 bits per heavy atom. The van der Waals surface area contributed by atoms with Gasteiger partial charge in [0.25, 0.3) is 0 Å². The van der Waals surface area contributed by atoms with Gasteiger partial charge in [-0.3, -0.25) is 4.79 Å². The molecule has 0 aliphatic rings. The summed E-state index contributed by atoms with van der Waals surface area (Å²) in [7, 11) is 0. The minimum Gasteiger partial charge on any atom is -0.306 e. The van der Waals surface area contributed by atoms with Gasteiger partial charge in [-0.15, -0.1) is 0 Å². The zero-order chi connectivity index (χ0) is 13.0. The number of nitrogens with zero attached hydrogens (tertiary/aromatic N) is 3. The topological polar surface area (TPSA) is 59.3 Å². The van der Waals surface area contributed by atoms with Gasteiger partial charge in [0.1, 0.15) is 0 Å². The van der Waals surface area contributed by atoms with E-state index in [4.69, 9.17) is 0 Å². The van der Waals surface area contributed by atoms with Crippen molar-refractivity contribution >= 4 is 11.6 Å². The number of benzene rings is 1. The van der Waals surface area contributed by atoms with Crippen LogP contribution in [0.1, 0.15) is 19.4 Å². The fraction of sp³-hybridized carbons (Fsp3) is 0.154. The summed E-state index contributed by atoms with van der Waals surface area (Å²) < 4.78 is 1.92. The van der Waals surface area contributed by atoms with E-state index in [9.17, 15) is 4.79 Å². The van der Waals surface area contributed by atoms with Gasteiger partial charge in [-0.25, -0.2) is 10.4 Å². The third-order valence-electron chi connectivity index (χ3n) is 2.47. The number of carbonyl (C=O) groups excluding carboxylic acids is 1. The Kier molecular flexibility index (Phi) is 3.52. The molecule has 0 atom stereocenters. The first-order valence-electron chi connectivity index (χ1n) is 5.56. The van der Waals surface area contributed by atoms with Crippen LogP contribution in [0.4, 0.5) is 0 Å². The molecule has 1 heterocycles. The third-order valence-corrected chi connectivity index (χ3v) is 2.47. The average molecular weight is 242 g/mol. The van der Waals surface area contributed by atoms with Crippen LogP contribution < -0.4 is 5.43 Å². The highest BCUT2D eigenvalue weighted by molar-refractivity contribution is 5.99. The number of hydrogen-bond donors (Lipinski definition) is 1. The molecule has 18 heavy (non-hydrogen) atoms. The standard InChI is InChI=1S/C13H14N4O/c1-10(15-16-11(2)18)12-3-5-13(6-4-12)17-8-7-14-9-17/h3-9H,1-2H3,(H,16,18)/b15-10+. The minimum atomic E-state index is -0.176. The molecule has 0 aliphatic heterocycles. The van der Waals surface area contributed by atoms with Crippen molar-refractivity contribution in [2.24, 2.45) is 5.10 Å². The zero-order valence-electron chi connectivity index (χ0n) is 10.3. The molecule has 0 unspecified atom stereocenters. The molecule has 0 saturated heterocycles. The first-order valence-corrected chi connectivity index (χ1v) is 5.56. The van der Waals surface area contributed by atoms with Crippen LogP contribution in [-0.4, -0.2) is 21.2 Å². The van der Waals surface area contributed by atoms with Gasteiger partial charge in [0.2, 0.25) is 5.91 Å². The van der Waals surface area contributed by atoms with E-state index in [0.717, 1.165) is 17.0 Å². The second-order valence-electron chi connectivity index (χ2n) is 3.88. The van der Waals surface area contributed by atoms with Crippen molar-refractivity contribution < 1.29 is 4.79 Å². The van der Waals surface area contributed by atoms with Crippen molar-refractivity contribution in [3.05, 3.63) is 48.5 Å². The number of rotatable bonds is 3. The molecule has 1 amide bonds. The van der Waals surface area contributed by atoms with E-state index < -0.39 is 0 Å². The Balaban J connectivity index is 2.17. The maximum atomic E-state index is 10.8. The molecule has 5 nitrogen and oxygen atoms in total. The molecule has 0 saturated carbocycles. The van der Waals surface area contributed by atoms with E-state index >= 15 is 0 Å². The predicted octanol–water partition coefficient (Wildman–Crippen LogP) is 1.73. The summed E-state index contributed by atoms with van der Waals surface area (Å²) in [6.07, 6.45) is 5.36. The Labute approximate surface area is 105 Å². The van der Waals surface area contributed by atoms with Crippen LogP contribution in [0.5, 0.6) is 0 Å². The van der Waals surface area contributed by atoms with E-state index in [-0.39, 0.29) is 5.91 Å².